The summed E-state index contributed by atoms with van der Waals surface area (Å²) in [7, 11) is 1.99. The summed E-state index contributed by atoms with van der Waals surface area (Å²) in [6.07, 6.45) is 3.11. The third-order valence-electron chi connectivity index (χ3n) is 6.10. The van der Waals surface area contributed by atoms with Crippen molar-refractivity contribution in [3.8, 4) is 0 Å². The van der Waals surface area contributed by atoms with Crippen molar-refractivity contribution in [2.75, 3.05) is 0 Å². The van der Waals surface area contributed by atoms with Crippen molar-refractivity contribution in [3.05, 3.63) is 53.4 Å². The van der Waals surface area contributed by atoms with Gasteiger partial charge in [-0.05, 0) is 30.8 Å². The van der Waals surface area contributed by atoms with Crippen molar-refractivity contribution in [1.29, 1.82) is 0 Å². The highest BCUT2D eigenvalue weighted by Gasteiger charge is 2.60. The highest BCUT2D eigenvalue weighted by Crippen LogP contribution is 2.51. The van der Waals surface area contributed by atoms with Crippen LogP contribution >= 0.6 is 23.1 Å². The molecular formula is C22H22IN3O4S2. The number of carboxylic acids is 1. The molecule has 2 N–H and O–H groups in total. The summed E-state index contributed by atoms with van der Waals surface area (Å²) < 4.78 is 4.06. The summed E-state index contributed by atoms with van der Waals surface area (Å²) in [5.41, 5.74) is 0.714. The van der Waals surface area contributed by atoms with E-state index in [2.05, 4.69) is 16.7 Å². The molecular weight excluding hydrogens is 561 g/mol. The van der Waals surface area contributed by atoms with E-state index in [1.54, 1.807) is 18.7 Å². The highest BCUT2D eigenvalue weighted by atomic mass is 127. The van der Waals surface area contributed by atoms with E-state index < -0.39 is 18.0 Å². The summed E-state index contributed by atoms with van der Waals surface area (Å²) >= 11 is 3.18. The van der Waals surface area contributed by atoms with Crippen LogP contribution in [0.3, 0.4) is 0 Å². The number of carbonyl (C=O) groups excluding carboxylic acids is 1. The fraction of sp³-hybridized carbons (Fsp3) is 0.318. The molecule has 1 fully saturated rings. The Morgan fingerprint density at radius 2 is 1.97 bits per heavy atom. The van der Waals surface area contributed by atoms with E-state index in [-0.39, 0.29) is 47.5 Å². The van der Waals surface area contributed by atoms with Crippen molar-refractivity contribution in [2.24, 2.45) is 18.9 Å². The van der Waals surface area contributed by atoms with Gasteiger partial charge in [0.25, 0.3) is 0 Å². The van der Waals surface area contributed by atoms with E-state index in [4.69, 9.17) is 0 Å². The van der Waals surface area contributed by atoms with Crippen LogP contribution in [0.4, 0.5) is 0 Å². The maximum absolute atomic E-state index is 12.6. The second-order valence-corrected chi connectivity index (χ2v) is 10.2. The highest BCUT2D eigenvalue weighted by molar-refractivity contribution is 7.99. The van der Waals surface area contributed by atoms with Crippen LogP contribution in [0.25, 0.3) is 10.4 Å². The zero-order chi connectivity index (χ0) is 22.0. The molecule has 0 radical (unpaired) electrons. The molecule has 5 rings (SSSR count). The number of rotatable bonds is 5. The van der Waals surface area contributed by atoms with E-state index in [1.807, 2.05) is 49.1 Å². The molecule has 0 saturated carbocycles. The number of β-lactam (4-membered cyclic amide) rings is 1. The van der Waals surface area contributed by atoms with E-state index in [0.29, 0.717) is 5.57 Å². The number of thiazole rings is 1. The normalized spacial score (nSPS) is 23.2. The molecule has 2 aromatic heterocycles. The van der Waals surface area contributed by atoms with Gasteiger partial charge in [-0.2, -0.15) is 4.40 Å². The SMILES string of the molecule is C[C@@H](O)[C@H]1C(=O)N2C(C(=O)O)=C(c3c[n+]4cn(C)c(Sc5ccccc5)c4s3)[C@H](C)[C@H]12.[I-]. The molecule has 168 valence electrons. The number of amides is 1. The number of nitrogens with zero attached hydrogens (tertiary/aromatic N) is 3. The Kier molecular flexibility index (Phi) is 6.16. The van der Waals surface area contributed by atoms with E-state index in [9.17, 15) is 19.8 Å². The summed E-state index contributed by atoms with van der Waals surface area (Å²) in [5, 5.41) is 21.0. The number of aryl methyl sites for hydroxylation is 1. The standard InChI is InChI=1S/C22H21N3O4S2.HI/c1-11-15(18(22(28)29)25-17(11)16(12(2)26)19(25)27)14-9-24-10-23(3)20(21(24)31-14)30-13-7-5-4-6-8-13;/h4-12,16-17,26H,1-3H3;1H/t11-,12+,16+,17+;/m0./s1. The zero-order valence-corrected chi connectivity index (χ0v) is 21.4. The molecule has 32 heavy (non-hydrogen) atoms. The molecule has 0 unspecified atom stereocenters. The summed E-state index contributed by atoms with van der Waals surface area (Å²) in [6.45, 7) is 3.53. The van der Waals surface area contributed by atoms with Crippen LogP contribution < -0.4 is 28.4 Å². The predicted molar refractivity (Wildman–Crippen MR) is 117 cm³/mol. The van der Waals surface area contributed by atoms with Gasteiger partial charge in [0.15, 0.2) is 0 Å². The Balaban J connectivity index is 0.00000245. The minimum absolute atomic E-state index is 0. The monoisotopic (exact) mass is 583 g/mol. The van der Waals surface area contributed by atoms with Crippen LogP contribution in [0.15, 0.2) is 58.5 Å². The number of carbonyl (C=O) groups is 2. The Labute approximate surface area is 210 Å². The molecule has 10 heteroatoms. The first kappa shape index (κ1) is 23.3. The third kappa shape index (κ3) is 3.39. The van der Waals surface area contributed by atoms with E-state index >= 15 is 0 Å². The van der Waals surface area contributed by atoms with Crippen LogP contribution in [0.2, 0.25) is 0 Å². The van der Waals surface area contributed by atoms with Crippen molar-refractivity contribution in [3.63, 3.8) is 0 Å². The number of hydrogen-bond donors (Lipinski definition) is 2. The van der Waals surface area contributed by atoms with Crippen LogP contribution in [0, 0.1) is 11.8 Å². The quantitative estimate of drug-likeness (QED) is 0.244. The first-order valence-corrected chi connectivity index (χ1v) is 11.6. The smallest absolute Gasteiger partial charge is 0.352 e. The lowest BCUT2D eigenvalue weighted by atomic mass is 9.77. The Morgan fingerprint density at radius 1 is 1.28 bits per heavy atom. The maximum atomic E-state index is 12.6. The van der Waals surface area contributed by atoms with Crippen molar-refractivity contribution in [1.82, 2.24) is 9.47 Å². The molecule has 3 aromatic rings. The van der Waals surface area contributed by atoms with Gasteiger partial charge in [-0.1, -0.05) is 36.5 Å². The van der Waals surface area contributed by atoms with E-state index in [0.717, 1.165) is 19.6 Å². The number of aliphatic carboxylic acids is 1. The molecule has 4 atom stereocenters. The first-order chi connectivity index (χ1) is 14.8. The average molecular weight is 583 g/mol. The molecule has 2 aliphatic rings. The molecule has 7 nitrogen and oxygen atoms in total. The van der Waals surface area contributed by atoms with Crippen molar-refractivity contribution in [2.45, 2.75) is 35.9 Å². The summed E-state index contributed by atoms with van der Waals surface area (Å²) in [5.74, 6) is -2.15. The fourth-order valence-corrected chi connectivity index (χ4v) is 7.09. The number of aromatic nitrogens is 2. The second-order valence-electron chi connectivity index (χ2n) is 8.08. The minimum Gasteiger partial charge on any atom is -1.00 e. The zero-order valence-electron chi connectivity index (χ0n) is 17.6. The van der Waals surface area contributed by atoms with Crippen LogP contribution in [-0.2, 0) is 16.6 Å². The number of halogens is 1. The van der Waals surface area contributed by atoms with Crippen LogP contribution in [0.5, 0.6) is 0 Å². The van der Waals surface area contributed by atoms with Crippen molar-refractivity contribution >= 4 is 45.4 Å². The Morgan fingerprint density at radius 3 is 2.59 bits per heavy atom. The molecule has 0 spiro atoms. The minimum atomic E-state index is -1.11. The molecule has 2 aliphatic heterocycles. The topological polar surface area (TPSA) is 86.9 Å². The van der Waals surface area contributed by atoms with Crippen LogP contribution in [-0.4, -0.2) is 43.7 Å². The Hall–Kier alpha value is -1.89. The van der Waals surface area contributed by atoms with Gasteiger partial charge in [0.2, 0.25) is 22.1 Å². The predicted octanol–water partition coefficient (Wildman–Crippen LogP) is -0.366. The number of aliphatic hydroxyl groups excluding tert-OH is 1. The number of benzene rings is 1. The molecule has 0 bridgehead atoms. The molecule has 0 aliphatic carbocycles. The lowest BCUT2D eigenvalue weighted by Crippen LogP contribution is -3.00. The largest absolute Gasteiger partial charge is 1.00 e. The average Bonchev–Trinajstić information content (AvgIpc) is 3.31. The second kappa shape index (κ2) is 8.47. The lowest BCUT2D eigenvalue weighted by molar-refractivity contribution is -0.508. The maximum Gasteiger partial charge on any atom is 0.352 e. The summed E-state index contributed by atoms with van der Waals surface area (Å²) in [6, 6.07) is 9.78. The molecule has 1 saturated heterocycles. The summed E-state index contributed by atoms with van der Waals surface area (Å²) in [4.78, 5) is 29.1. The van der Waals surface area contributed by atoms with Gasteiger partial charge in [0, 0.05) is 16.4 Å². The van der Waals surface area contributed by atoms with Gasteiger partial charge in [-0.15, -0.1) is 0 Å². The van der Waals surface area contributed by atoms with Gasteiger partial charge in [0.05, 0.1) is 30.0 Å². The fourth-order valence-electron chi connectivity index (χ4n) is 4.73. The molecule has 4 heterocycles. The number of aliphatic hydroxyl groups is 1. The van der Waals surface area contributed by atoms with Gasteiger partial charge < -0.3 is 39.1 Å². The number of carboxylic acid groups (broad SMARTS) is 1. The number of hydrogen-bond acceptors (Lipinski definition) is 5. The van der Waals surface area contributed by atoms with Gasteiger partial charge in [-0.25, -0.2) is 9.36 Å². The van der Waals surface area contributed by atoms with Gasteiger partial charge in [0.1, 0.15) is 11.9 Å². The lowest BCUT2D eigenvalue weighted by Gasteiger charge is -2.46. The first-order valence-electron chi connectivity index (χ1n) is 10.0. The molecule has 1 aromatic carbocycles. The van der Waals surface area contributed by atoms with Crippen LogP contribution in [0.1, 0.15) is 18.7 Å². The number of fused-ring (bicyclic) bond motifs is 2. The van der Waals surface area contributed by atoms with Gasteiger partial charge >= 0.3 is 5.97 Å². The third-order valence-corrected chi connectivity index (χ3v) is 8.55. The Bertz CT molecular complexity index is 1250. The van der Waals surface area contributed by atoms with Gasteiger partial charge in [-0.3, -0.25) is 4.79 Å². The molecule has 1 amide bonds. The number of imidazole rings is 1. The van der Waals surface area contributed by atoms with E-state index in [1.165, 1.54) is 16.2 Å². The van der Waals surface area contributed by atoms with Crippen molar-refractivity contribution < 1.29 is 48.2 Å².